The Morgan fingerprint density at radius 2 is 2.14 bits per heavy atom. The fourth-order valence-corrected chi connectivity index (χ4v) is 3.17. The molecule has 4 rings (SSSR count). The van der Waals surface area contributed by atoms with Crippen molar-refractivity contribution in [1.82, 2.24) is 15.3 Å². The SMILES string of the molecule is [B]c1ccc2oc3c(=O)[nH]c(CC4CCNCC4)nc3c2c1. The Kier molecular flexibility index (Phi) is 3.26. The molecule has 2 N–H and O–H groups in total. The third kappa shape index (κ3) is 2.33. The van der Waals surface area contributed by atoms with E-state index >= 15 is 0 Å². The largest absolute Gasteiger partial charge is 0.449 e. The zero-order valence-electron chi connectivity index (χ0n) is 12.2. The molecule has 0 amide bonds. The molecule has 2 aromatic heterocycles. The zero-order valence-corrected chi connectivity index (χ0v) is 12.2. The van der Waals surface area contributed by atoms with Gasteiger partial charge < -0.3 is 14.7 Å². The number of nitrogens with one attached hydrogen (secondary N) is 2. The summed E-state index contributed by atoms with van der Waals surface area (Å²) in [5.74, 6) is 1.29. The molecule has 22 heavy (non-hydrogen) atoms. The molecular weight excluding hydrogens is 277 g/mol. The van der Waals surface area contributed by atoms with Crippen LogP contribution >= 0.6 is 0 Å². The van der Waals surface area contributed by atoms with Crippen molar-refractivity contribution in [2.75, 3.05) is 13.1 Å². The van der Waals surface area contributed by atoms with Crippen LogP contribution in [0.25, 0.3) is 22.1 Å². The summed E-state index contributed by atoms with van der Waals surface area (Å²) in [5.41, 5.74) is 1.94. The van der Waals surface area contributed by atoms with E-state index in [-0.39, 0.29) is 11.1 Å². The van der Waals surface area contributed by atoms with E-state index in [4.69, 9.17) is 12.3 Å². The molecule has 110 valence electrons. The number of furan rings is 1. The predicted octanol–water partition coefficient (Wildman–Crippen LogP) is 1.01. The topological polar surface area (TPSA) is 70.9 Å². The van der Waals surface area contributed by atoms with Crippen molar-refractivity contribution >= 4 is 35.4 Å². The highest BCUT2D eigenvalue weighted by Gasteiger charge is 2.17. The Morgan fingerprint density at radius 1 is 1.32 bits per heavy atom. The van der Waals surface area contributed by atoms with Gasteiger partial charge in [-0.05, 0) is 37.9 Å². The summed E-state index contributed by atoms with van der Waals surface area (Å²) >= 11 is 0. The Balaban J connectivity index is 1.81. The van der Waals surface area contributed by atoms with Gasteiger partial charge in [-0.15, -0.1) is 0 Å². The molecule has 0 unspecified atom stereocenters. The molecule has 1 aromatic carbocycles. The number of H-pyrrole nitrogens is 1. The Hall–Kier alpha value is -2.08. The molecular formula is C16H16BN3O2. The highest BCUT2D eigenvalue weighted by Crippen LogP contribution is 2.24. The van der Waals surface area contributed by atoms with Gasteiger partial charge in [0.2, 0.25) is 5.58 Å². The summed E-state index contributed by atoms with van der Waals surface area (Å²) < 4.78 is 5.61. The van der Waals surface area contributed by atoms with Crippen molar-refractivity contribution in [2.45, 2.75) is 19.3 Å². The van der Waals surface area contributed by atoms with Crippen molar-refractivity contribution in [2.24, 2.45) is 5.92 Å². The van der Waals surface area contributed by atoms with Crippen molar-refractivity contribution in [3.05, 3.63) is 34.4 Å². The molecule has 1 aliphatic heterocycles. The fourth-order valence-electron chi connectivity index (χ4n) is 3.17. The van der Waals surface area contributed by atoms with E-state index in [1.54, 1.807) is 12.1 Å². The van der Waals surface area contributed by atoms with Crippen molar-refractivity contribution in [3.8, 4) is 0 Å². The van der Waals surface area contributed by atoms with Gasteiger partial charge in [0.25, 0.3) is 5.56 Å². The van der Waals surface area contributed by atoms with Crippen LogP contribution < -0.4 is 16.3 Å². The zero-order chi connectivity index (χ0) is 15.1. The molecule has 0 atom stereocenters. The third-order valence-electron chi connectivity index (χ3n) is 4.34. The predicted molar refractivity (Wildman–Crippen MR) is 86.8 cm³/mol. The van der Waals surface area contributed by atoms with E-state index in [2.05, 4.69) is 15.3 Å². The molecule has 3 aromatic rings. The molecule has 1 fully saturated rings. The van der Waals surface area contributed by atoms with Crippen molar-refractivity contribution in [3.63, 3.8) is 0 Å². The number of rotatable bonds is 2. The summed E-state index contributed by atoms with van der Waals surface area (Å²) in [5, 5.41) is 4.15. The molecule has 0 spiro atoms. The van der Waals surface area contributed by atoms with Crippen LogP contribution in [0, 0.1) is 5.92 Å². The maximum absolute atomic E-state index is 12.3. The summed E-state index contributed by atoms with van der Waals surface area (Å²) in [6.07, 6.45) is 3.02. The van der Waals surface area contributed by atoms with Gasteiger partial charge in [0.05, 0.1) is 0 Å². The summed E-state index contributed by atoms with van der Waals surface area (Å²) in [7, 11) is 5.84. The lowest BCUT2D eigenvalue weighted by Gasteiger charge is -2.21. The van der Waals surface area contributed by atoms with Gasteiger partial charge in [-0.3, -0.25) is 4.79 Å². The number of hydrogen-bond acceptors (Lipinski definition) is 4. The normalized spacial score (nSPS) is 16.5. The van der Waals surface area contributed by atoms with E-state index in [1.165, 1.54) is 0 Å². The van der Waals surface area contributed by atoms with E-state index < -0.39 is 0 Å². The van der Waals surface area contributed by atoms with Crippen LogP contribution in [0.4, 0.5) is 0 Å². The Labute approximate surface area is 128 Å². The maximum Gasteiger partial charge on any atom is 0.294 e. The first-order valence-electron chi connectivity index (χ1n) is 7.62. The highest BCUT2D eigenvalue weighted by molar-refractivity contribution is 6.33. The van der Waals surface area contributed by atoms with Crippen LogP contribution in [0.2, 0.25) is 0 Å². The molecule has 0 aliphatic carbocycles. The number of nitrogens with zero attached hydrogens (tertiary/aromatic N) is 1. The van der Waals surface area contributed by atoms with Crippen LogP contribution in [-0.2, 0) is 6.42 Å². The molecule has 6 heteroatoms. The van der Waals surface area contributed by atoms with Crippen LogP contribution in [-0.4, -0.2) is 30.9 Å². The van der Waals surface area contributed by atoms with Gasteiger partial charge in [-0.1, -0.05) is 17.6 Å². The van der Waals surface area contributed by atoms with E-state index in [9.17, 15) is 4.79 Å². The second-order valence-electron chi connectivity index (χ2n) is 5.95. The van der Waals surface area contributed by atoms with Crippen molar-refractivity contribution < 1.29 is 4.42 Å². The summed E-state index contributed by atoms with van der Waals surface area (Å²) in [6, 6.07) is 5.34. The lowest BCUT2D eigenvalue weighted by Crippen LogP contribution is -2.29. The van der Waals surface area contributed by atoms with Crippen LogP contribution in [0.5, 0.6) is 0 Å². The molecule has 5 nitrogen and oxygen atoms in total. The molecule has 3 heterocycles. The number of fused-ring (bicyclic) bond motifs is 3. The van der Waals surface area contributed by atoms with Gasteiger partial charge in [0.1, 0.15) is 24.8 Å². The third-order valence-corrected chi connectivity index (χ3v) is 4.34. The lowest BCUT2D eigenvalue weighted by atomic mass is 9.94. The number of piperidine rings is 1. The minimum absolute atomic E-state index is 0.219. The maximum atomic E-state index is 12.3. The number of aromatic nitrogens is 2. The highest BCUT2D eigenvalue weighted by atomic mass is 16.3. The number of hydrogen-bond donors (Lipinski definition) is 2. The van der Waals surface area contributed by atoms with Gasteiger partial charge in [0.15, 0.2) is 0 Å². The van der Waals surface area contributed by atoms with Gasteiger partial charge in [0, 0.05) is 11.8 Å². The first-order valence-corrected chi connectivity index (χ1v) is 7.62. The van der Waals surface area contributed by atoms with Crippen molar-refractivity contribution in [1.29, 1.82) is 0 Å². The summed E-state index contributed by atoms with van der Waals surface area (Å²) in [4.78, 5) is 19.8. The van der Waals surface area contributed by atoms with E-state index in [1.807, 2.05) is 6.07 Å². The lowest BCUT2D eigenvalue weighted by molar-refractivity contribution is 0.367. The van der Waals surface area contributed by atoms with Gasteiger partial charge in [-0.25, -0.2) is 4.98 Å². The molecule has 0 bridgehead atoms. The number of aromatic amines is 1. The average molecular weight is 293 g/mol. The second-order valence-corrected chi connectivity index (χ2v) is 5.95. The van der Waals surface area contributed by atoms with E-state index in [0.717, 1.165) is 43.6 Å². The number of benzene rings is 1. The van der Waals surface area contributed by atoms with Gasteiger partial charge >= 0.3 is 0 Å². The van der Waals surface area contributed by atoms with Crippen LogP contribution in [0.3, 0.4) is 0 Å². The average Bonchev–Trinajstić information content (AvgIpc) is 2.87. The standard InChI is InChI=1S/C16H16BN3O2/c17-10-1-2-12-11(8-10)14-15(22-12)16(21)20-13(19-14)7-9-3-5-18-6-4-9/h1-2,8-9,18H,3-7H2,(H,19,20,21). The Morgan fingerprint density at radius 3 is 2.95 bits per heavy atom. The van der Waals surface area contributed by atoms with E-state index in [0.29, 0.717) is 22.5 Å². The van der Waals surface area contributed by atoms with Crippen LogP contribution in [0.1, 0.15) is 18.7 Å². The molecule has 1 saturated heterocycles. The van der Waals surface area contributed by atoms with Crippen LogP contribution in [0.15, 0.2) is 27.4 Å². The fraction of sp³-hybridized carbons (Fsp3) is 0.375. The molecule has 1 aliphatic rings. The molecule has 2 radical (unpaired) electrons. The monoisotopic (exact) mass is 293 g/mol. The minimum atomic E-state index is -0.219. The second kappa shape index (κ2) is 5.28. The smallest absolute Gasteiger partial charge is 0.294 e. The first-order chi connectivity index (χ1) is 10.7. The summed E-state index contributed by atoms with van der Waals surface area (Å²) in [6.45, 7) is 2.06. The quantitative estimate of drug-likeness (QED) is 0.692. The van der Waals surface area contributed by atoms with Gasteiger partial charge in [-0.2, -0.15) is 0 Å². The molecule has 0 saturated carbocycles. The Bertz CT molecular complexity index is 893. The first kappa shape index (κ1) is 13.6. The minimum Gasteiger partial charge on any atom is -0.449 e.